The number of carboxylic acid groups (broad SMARTS) is 1. The first kappa shape index (κ1) is 23.4. The minimum atomic E-state index is -1.36. The molecule has 8 heteroatoms. The summed E-state index contributed by atoms with van der Waals surface area (Å²) in [6, 6.07) is 16.3. The van der Waals surface area contributed by atoms with Crippen LogP contribution >= 0.6 is 0 Å². The van der Waals surface area contributed by atoms with E-state index in [0.717, 1.165) is 24.0 Å². The molecule has 5 rings (SSSR count). The quantitative estimate of drug-likeness (QED) is 0.563. The molecule has 1 saturated carbocycles. The van der Waals surface area contributed by atoms with Gasteiger partial charge in [-0.2, -0.15) is 0 Å². The molecule has 1 aliphatic heterocycles. The van der Waals surface area contributed by atoms with Gasteiger partial charge in [0.1, 0.15) is 6.61 Å². The van der Waals surface area contributed by atoms with Crippen molar-refractivity contribution in [2.45, 2.75) is 37.1 Å². The second-order valence-corrected chi connectivity index (χ2v) is 9.68. The molecular weight excluding hydrogens is 448 g/mol. The van der Waals surface area contributed by atoms with Crippen LogP contribution in [0.4, 0.5) is 4.79 Å². The number of amides is 2. The molecule has 0 aromatic heterocycles. The molecule has 1 heterocycles. The minimum Gasteiger partial charge on any atom is -0.479 e. The topological polar surface area (TPSA) is 114 Å². The second kappa shape index (κ2) is 9.70. The van der Waals surface area contributed by atoms with Gasteiger partial charge in [-0.1, -0.05) is 55.0 Å². The highest BCUT2D eigenvalue weighted by molar-refractivity contribution is 5.89. The van der Waals surface area contributed by atoms with E-state index >= 15 is 0 Å². The van der Waals surface area contributed by atoms with Gasteiger partial charge in [0, 0.05) is 31.4 Å². The summed E-state index contributed by atoms with van der Waals surface area (Å²) in [5, 5.41) is 15.2. The minimum absolute atomic E-state index is 0.0148. The molecule has 0 bridgehead atoms. The van der Waals surface area contributed by atoms with Crippen molar-refractivity contribution in [3.8, 4) is 11.1 Å². The van der Waals surface area contributed by atoms with Crippen LogP contribution in [0.1, 0.15) is 42.7 Å². The summed E-state index contributed by atoms with van der Waals surface area (Å²) in [7, 11) is 0. The van der Waals surface area contributed by atoms with Crippen LogP contribution < -0.4 is 10.6 Å². The normalized spacial score (nSPS) is 25.0. The number of carbonyl (C=O) groups excluding carboxylic acids is 2. The van der Waals surface area contributed by atoms with E-state index in [-0.39, 0.29) is 43.3 Å². The van der Waals surface area contributed by atoms with Gasteiger partial charge in [0.15, 0.2) is 5.54 Å². The van der Waals surface area contributed by atoms with Gasteiger partial charge in [0.2, 0.25) is 5.91 Å². The molecule has 2 fully saturated rings. The molecule has 3 aliphatic rings. The third-order valence-corrected chi connectivity index (χ3v) is 7.64. The van der Waals surface area contributed by atoms with E-state index in [1.165, 1.54) is 11.1 Å². The highest BCUT2D eigenvalue weighted by Crippen LogP contribution is 2.44. The van der Waals surface area contributed by atoms with Crippen molar-refractivity contribution in [3.63, 3.8) is 0 Å². The maximum Gasteiger partial charge on any atom is 0.407 e. The number of rotatable bonds is 7. The molecular formula is C27H30N2O6. The Morgan fingerprint density at radius 3 is 2.34 bits per heavy atom. The summed E-state index contributed by atoms with van der Waals surface area (Å²) in [4.78, 5) is 37.2. The van der Waals surface area contributed by atoms with Crippen molar-refractivity contribution in [1.82, 2.24) is 10.6 Å². The van der Waals surface area contributed by atoms with Crippen molar-refractivity contribution in [2.24, 2.45) is 11.8 Å². The molecule has 2 aromatic carbocycles. The van der Waals surface area contributed by atoms with E-state index in [9.17, 15) is 19.5 Å². The first-order chi connectivity index (χ1) is 17.0. The van der Waals surface area contributed by atoms with Crippen LogP contribution in [-0.4, -0.2) is 55.0 Å². The SMILES string of the molecule is O=C(NC[C@H]1CCC[C@H]1C(=O)NC1(C(=O)O)CCOC1)OCC1c2ccccc2-c2ccccc21. The number of carboxylic acids is 1. The molecule has 8 nitrogen and oxygen atoms in total. The standard InChI is InChI=1S/C27H30N2O6/c30-24(29-27(25(31)32)12-13-34-16-27)18-11-5-6-17(18)14-28-26(33)35-15-23-21-9-3-1-7-19(21)20-8-2-4-10-22(20)23/h1-4,7-10,17-18,23H,5-6,11-16H2,(H,28,33)(H,29,30)(H,31,32)/t17-,18-,27?/m1/s1. The zero-order valence-electron chi connectivity index (χ0n) is 19.5. The van der Waals surface area contributed by atoms with Crippen LogP contribution in [0, 0.1) is 11.8 Å². The Bertz CT molecular complexity index is 1080. The third kappa shape index (κ3) is 4.50. The smallest absolute Gasteiger partial charge is 0.407 e. The summed E-state index contributed by atoms with van der Waals surface area (Å²) in [5.74, 6) is -1.78. The highest BCUT2D eigenvalue weighted by atomic mass is 16.5. The fourth-order valence-electron chi connectivity index (χ4n) is 5.70. The molecule has 1 saturated heterocycles. The number of fused-ring (bicyclic) bond motifs is 3. The number of aliphatic carboxylic acids is 1. The highest BCUT2D eigenvalue weighted by Gasteiger charge is 2.46. The van der Waals surface area contributed by atoms with Gasteiger partial charge in [-0.05, 0) is 41.0 Å². The lowest BCUT2D eigenvalue weighted by Gasteiger charge is -2.27. The monoisotopic (exact) mass is 478 g/mol. The number of nitrogens with one attached hydrogen (secondary N) is 2. The molecule has 0 radical (unpaired) electrons. The van der Waals surface area contributed by atoms with Crippen molar-refractivity contribution in [3.05, 3.63) is 59.7 Å². The van der Waals surface area contributed by atoms with Crippen LogP contribution in [0.15, 0.2) is 48.5 Å². The predicted octanol–water partition coefficient (Wildman–Crippen LogP) is 3.30. The number of ether oxygens (including phenoxy) is 2. The van der Waals surface area contributed by atoms with Gasteiger partial charge < -0.3 is 25.2 Å². The van der Waals surface area contributed by atoms with Gasteiger partial charge in [0.05, 0.1) is 6.61 Å². The van der Waals surface area contributed by atoms with Gasteiger partial charge >= 0.3 is 12.1 Å². The van der Waals surface area contributed by atoms with Gasteiger partial charge in [-0.3, -0.25) is 4.79 Å². The van der Waals surface area contributed by atoms with E-state index in [4.69, 9.17) is 9.47 Å². The number of benzene rings is 2. The van der Waals surface area contributed by atoms with Crippen molar-refractivity contribution >= 4 is 18.0 Å². The van der Waals surface area contributed by atoms with Crippen molar-refractivity contribution < 1.29 is 29.0 Å². The Balaban J connectivity index is 1.16. The number of hydrogen-bond donors (Lipinski definition) is 3. The zero-order valence-corrected chi connectivity index (χ0v) is 19.5. The fourth-order valence-corrected chi connectivity index (χ4v) is 5.70. The third-order valence-electron chi connectivity index (χ3n) is 7.64. The average molecular weight is 479 g/mol. The van der Waals surface area contributed by atoms with Gasteiger partial charge in [0.25, 0.3) is 0 Å². The van der Waals surface area contributed by atoms with Crippen molar-refractivity contribution in [1.29, 1.82) is 0 Å². The van der Waals surface area contributed by atoms with Gasteiger partial charge in [-0.25, -0.2) is 9.59 Å². The summed E-state index contributed by atoms with van der Waals surface area (Å²) in [6.45, 7) is 0.828. The van der Waals surface area contributed by atoms with Crippen LogP contribution in [0.5, 0.6) is 0 Å². The molecule has 35 heavy (non-hydrogen) atoms. The summed E-state index contributed by atoms with van der Waals surface area (Å²) < 4.78 is 10.8. The Kier molecular flexibility index (Phi) is 6.47. The lowest BCUT2D eigenvalue weighted by molar-refractivity contribution is -0.148. The lowest BCUT2D eigenvalue weighted by atomic mass is 9.92. The maximum absolute atomic E-state index is 12.9. The zero-order chi connectivity index (χ0) is 24.4. The van der Waals surface area contributed by atoms with E-state index in [1.54, 1.807) is 0 Å². The van der Waals surface area contributed by atoms with Crippen LogP contribution in [-0.2, 0) is 19.1 Å². The summed E-state index contributed by atoms with van der Waals surface area (Å²) in [6.07, 6.45) is 2.05. The second-order valence-electron chi connectivity index (χ2n) is 9.68. The molecule has 3 N–H and O–H groups in total. The van der Waals surface area contributed by atoms with Crippen LogP contribution in [0.25, 0.3) is 11.1 Å². The number of carbonyl (C=O) groups is 3. The Morgan fingerprint density at radius 2 is 1.71 bits per heavy atom. The van der Waals surface area contributed by atoms with E-state index in [2.05, 4.69) is 34.9 Å². The fraction of sp³-hybridized carbons (Fsp3) is 0.444. The molecule has 184 valence electrons. The first-order valence-corrected chi connectivity index (χ1v) is 12.2. The molecule has 1 unspecified atom stereocenters. The average Bonchev–Trinajstić information content (AvgIpc) is 3.60. The maximum atomic E-state index is 12.9. The molecule has 0 spiro atoms. The number of alkyl carbamates (subject to hydrolysis) is 1. The molecule has 2 aromatic rings. The van der Waals surface area contributed by atoms with E-state index in [0.29, 0.717) is 19.6 Å². The van der Waals surface area contributed by atoms with Crippen molar-refractivity contribution in [2.75, 3.05) is 26.4 Å². The lowest BCUT2D eigenvalue weighted by Crippen LogP contribution is -2.57. The predicted molar refractivity (Wildman–Crippen MR) is 128 cm³/mol. The summed E-state index contributed by atoms with van der Waals surface area (Å²) in [5.41, 5.74) is 3.28. The Hall–Kier alpha value is -3.39. The number of hydrogen-bond acceptors (Lipinski definition) is 5. The summed E-state index contributed by atoms with van der Waals surface area (Å²) >= 11 is 0. The first-order valence-electron chi connectivity index (χ1n) is 12.2. The van der Waals surface area contributed by atoms with Crippen LogP contribution in [0.2, 0.25) is 0 Å². The Morgan fingerprint density at radius 1 is 1.03 bits per heavy atom. The van der Waals surface area contributed by atoms with Crippen LogP contribution in [0.3, 0.4) is 0 Å². The largest absolute Gasteiger partial charge is 0.479 e. The molecule has 3 atom stereocenters. The van der Waals surface area contributed by atoms with Gasteiger partial charge in [-0.15, -0.1) is 0 Å². The Labute approximate surface area is 204 Å². The van der Waals surface area contributed by atoms with E-state index in [1.807, 2.05) is 24.3 Å². The van der Waals surface area contributed by atoms with E-state index < -0.39 is 17.6 Å². The molecule has 2 amide bonds. The molecule has 2 aliphatic carbocycles.